The summed E-state index contributed by atoms with van der Waals surface area (Å²) in [6.07, 6.45) is 0. The second-order valence-electron chi connectivity index (χ2n) is 16.4. The van der Waals surface area contributed by atoms with E-state index in [1.54, 1.807) is 0 Å². The summed E-state index contributed by atoms with van der Waals surface area (Å²) in [6, 6.07) is 91.5. The van der Waals surface area contributed by atoms with Crippen molar-refractivity contribution < 1.29 is 0 Å². The number of benzene rings is 10. The van der Waals surface area contributed by atoms with Gasteiger partial charge in [-0.3, -0.25) is 0 Å². The average Bonchev–Trinajstić information content (AvgIpc) is 3.89. The molecule has 2 heteroatoms. The van der Waals surface area contributed by atoms with Gasteiger partial charge in [0.2, 0.25) is 0 Å². The molecule has 0 bridgehead atoms. The lowest BCUT2D eigenvalue weighted by Crippen LogP contribution is -2.28. The third-order valence-corrected chi connectivity index (χ3v) is 14.2. The Kier molecular flexibility index (Phi) is 8.98. The Morgan fingerprint density at radius 1 is 0.302 bits per heavy atom. The molecule has 0 amide bonds. The molecule has 1 aliphatic carbocycles. The van der Waals surface area contributed by atoms with Gasteiger partial charge in [0.05, 0.1) is 11.1 Å². The van der Waals surface area contributed by atoms with E-state index in [-0.39, 0.29) is 0 Å². The molecule has 296 valence electrons. The van der Waals surface area contributed by atoms with E-state index in [0.29, 0.717) is 0 Å². The predicted molar refractivity (Wildman–Crippen MR) is 268 cm³/mol. The van der Waals surface area contributed by atoms with Crippen molar-refractivity contribution in [1.29, 1.82) is 0 Å². The van der Waals surface area contributed by atoms with Gasteiger partial charge in [-0.25, -0.2) is 0 Å². The van der Waals surface area contributed by atoms with Crippen molar-refractivity contribution in [3.05, 3.63) is 271 Å². The number of anilines is 3. The van der Waals surface area contributed by atoms with Gasteiger partial charge in [-0.1, -0.05) is 200 Å². The van der Waals surface area contributed by atoms with Crippen LogP contribution in [0.1, 0.15) is 22.3 Å². The van der Waals surface area contributed by atoms with Crippen LogP contribution in [0.4, 0.5) is 17.1 Å². The van der Waals surface area contributed by atoms with E-state index < -0.39 is 5.41 Å². The Hall–Kier alpha value is -7.78. The first kappa shape index (κ1) is 37.0. The van der Waals surface area contributed by atoms with Crippen molar-refractivity contribution in [2.24, 2.45) is 0 Å². The van der Waals surface area contributed by atoms with Gasteiger partial charge in [-0.05, 0) is 110 Å². The molecule has 0 saturated carbocycles. The molecule has 1 nitrogen and oxygen atoms in total. The Morgan fingerprint density at radius 3 is 1.46 bits per heavy atom. The van der Waals surface area contributed by atoms with Crippen LogP contribution in [0.15, 0.2) is 249 Å². The highest BCUT2D eigenvalue weighted by Crippen LogP contribution is 2.56. The molecule has 1 aliphatic rings. The molecule has 0 aliphatic heterocycles. The summed E-state index contributed by atoms with van der Waals surface area (Å²) in [5, 5.41) is 2.63. The van der Waals surface area contributed by atoms with E-state index in [1.807, 2.05) is 11.3 Å². The smallest absolute Gasteiger partial charge is 0.0713 e. The fourth-order valence-electron chi connectivity index (χ4n) is 10.1. The number of hydrogen-bond donors (Lipinski definition) is 0. The van der Waals surface area contributed by atoms with Gasteiger partial charge in [-0.15, -0.1) is 11.3 Å². The summed E-state index contributed by atoms with van der Waals surface area (Å²) in [5.74, 6) is 0. The number of fused-ring (bicyclic) bond motifs is 6. The molecule has 0 spiro atoms. The van der Waals surface area contributed by atoms with Gasteiger partial charge in [0.25, 0.3) is 0 Å². The fraction of sp³-hybridized carbons (Fsp3) is 0.0164. The first-order valence-corrected chi connectivity index (χ1v) is 22.5. The fourth-order valence-corrected chi connectivity index (χ4v) is 11.2. The van der Waals surface area contributed by atoms with Gasteiger partial charge < -0.3 is 4.90 Å². The summed E-state index contributed by atoms with van der Waals surface area (Å²) in [6.45, 7) is 0. The second kappa shape index (κ2) is 15.3. The number of hydrogen-bond acceptors (Lipinski definition) is 2. The van der Waals surface area contributed by atoms with Gasteiger partial charge in [0.1, 0.15) is 0 Å². The first-order valence-electron chi connectivity index (χ1n) is 21.7. The van der Waals surface area contributed by atoms with Crippen LogP contribution < -0.4 is 4.90 Å². The molecular formula is C61H41NS. The minimum Gasteiger partial charge on any atom is -0.310 e. The molecule has 0 fully saturated rings. The van der Waals surface area contributed by atoms with E-state index in [1.165, 1.54) is 86.9 Å². The van der Waals surface area contributed by atoms with Crippen LogP contribution in [0.3, 0.4) is 0 Å². The quantitative estimate of drug-likeness (QED) is 0.148. The maximum absolute atomic E-state index is 2.43. The highest BCUT2D eigenvalue weighted by molar-refractivity contribution is 7.25. The Bertz CT molecular complexity index is 3370. The number of nitrogens with zero attached hydrogens (tertiary/aromatic N) is 1. The first-order chi connectivity index (χ1) is 31.2. The van der Waals surface area contributed by atoms with Crippen LogP contribution in [0.2, 0.25) is 0 Å². The zero-order valence-electron chi connectivity index (χ0n) is 34.5. The Morgan fingerprint density at radius 2 is 0.762 bits per heavy atom. The maximum atomic E-state index is 2.43. The minimum atomic E-state index is -0.466. The largest absolute Gasteiger partial charge is 0.310 e. The van der Waals surface area contributed by atoms with Crippen LogP contribution in [0, 0.1) is 0 Å². The second-order valence-corrected chi connectivity index (χ2v) is 17.5. The lowest BCUT2D eigenvalue weighted by molar-refractivity contribution is 0.768. The zero-order chi connectivity index (χ0) is 41.7. The van der Waals surface area contributed by atoms with Crippen LogP contribution in [-0.2, 0) is 5.41 Å². The summed E-state index contributed by atoms with van der Waals surface area (Å²) in [4.78, 5) is 2.43. The SMILES string of the molecule is c1ccc(-c2ccc(-c3ccccc3N(c3ccc(-c4ccc5sc6ccccc6c5c4)cc3)c3ccc(C4(c5ccccc5)c5ccccc5-c5ccccc54)cc3)cc2)cc1. The minimum absolute atomic E-state index is 0.466. The third kappa shape index (κ3) is 6.14. The average molecular weight is 820 g/mol. The van der Waals surface area contributed by atoms with E-state index in [4.69, 9.17) is 0 Å². The number of para-hydroxylation sites is 1. The third-order valence-electron chi connectivity index (χ3n) is 13.0. The molecule has 1 heterocycles. The molecule has 10 aromatic carbocycles. The Labute approximate surface area is 372 Å². The molecule has 0 radical (unpaired) electrons. The van der Waals surface area contributed by atoms with E-state index in [9.17, 15) is 0 Å². The summed E-state index contributed by atoms with van der Waals surface area (Å²) in [7, 11) is 0. The van der Waals surface area contributed by atoms with Crippen LogP contribution >= 0.6 is 11.3 Å². The van der Waals surface area contributed by atoms with Crippen LogP contribution in [-0.4, -0.2) is 0 Å². The molecule has 0 atom stereocenters. The van der Waals surface area contributed by atoms with Gasteiger partial charge >= 0.3 is 0 Å². The van der Waals surface area contributed by atoms with Crippen LogP contribution in [0.25, 0.3) is 64.7 Å². The van der Waals surface area contributed by atoms with Crippen molar-refractivity contribution in [3.8, 4) is 44.5 Å². The lowest BCUT2D eigenvalue weighted by Gasteiger charge is -2.34. The zero-order valence-corrected chi connectivity index (χ0v) is 35.3. The normalized spacial score (nSPS) is 12.6. The van der Waals surface area contributed by atoms with Crippen LogP contribution in [0.5, 0.6) is 0 Å². The summed E-state index contributed by atoms with van der Waals surface area (Å²) in [5.41, 5.74) is 17.7. The maximum Gasteiger partial charge on any atom is 0.0713 e. The Balaban J connectivity index is 1.00. The standard InChI is InChI=1S/C61H41NS/c1-3-15-42(16-4-1)43-27-29-45(30-28-43)51-19-9-13-25-58(51)62(49-36-31-44(32-37-49)46-33-40-60-55(41-46)54-22-10-14-26-59(54)63-60)50-38-34-48(35-39-50)61(47-17-5-2-6-18-47)56-23-11-7-20-52(56)53-21-8-12-24-57(53)61/h1-41H. The summed E-state index contributed by atoms with van der Waals surface area (Å²) >= 11 is 1.86. The molecule has 1 aromatic heterocycles. The van der Waals surface area contributed by atoms with Gasteiger partial charge in [0, 0.05) is 37.1 Å². The van der Waals surface area contributed by atoms with Gasteiger partial charge in [0.15, 0.2) is 0 Å². The number of rotatable bonds is 8. The van der Waals surface area contributed by atoms with Gasteiger partial charge in [-0.2, -0.15) is 0 Å². The van der Waals surface area contributed by atoms with E-state index in [2.05, 4.69) is 254 Å². The molecule has 0 N–H and O–H groups in total. The highest BCUT2D eigenvalue weighted by atomic mass is 32.1. The lowest BCUT2D eigenvalue weighted by atomic mass is 9.68. The predicted octanol–water partition coefficient (Wildman–Crippen LogP) is 16.9. The molecule has 0 unspecified atom stereocenters. The van der Waals surface area contributed by atoms with Crippen molar-refractivity contribution in [2.75, 3.05) is 4.90 Å². The monoisotopic (exact) mass is 819 g/mol. The molecule has 11 aromatic rings. The van der Waals surface area contributed by atoms with Crippen molar-refractivity contribution in [1.82, 2.24) is 0 Å². The summed E-state index contributed by atoms with van der Waals surface area (Å²) < 4.78 is 2.64. The highest BCUT2D eigenvalue weighted by Gasteiger charge is 2.45. The van der Waals surface area contributed by atoms with E-state index in [0.717, 1.165) is 17.1 Å². The molecule has 0 saturated heterocycles. The number of thiophene rings is 1. The molecule has 63 heavy (non-hydrogen) atoms. The van der Waals surface area contributed by atoms with Crippen molar-refractivity contribution in [3.63, 3.8) is 0 Å². The van der Waals surface area contributed by atoms with Crippen molar-refractivity contribution >= 4 is 48.6 Å². The van der Waals surface area contributed by atoms with Crippen molar-refractivity contribution in [2.45, 2.75) is 5.41 Å². The molecule has 12 rings (SSSR count). The topological polar surface area (TPSA) is 3.24 Å². The van der Waals surface area contributed by atoms with E-state index >= 15 is 0 Å². The molecular weight excluding hydrogens is 779 g/mol.